The molecule has 1 aliphatic rings. The highest BCUT2D eigenvalue weighted by molar-refractivity contribution is 5.76. The van der Waals surface area contributed by atoms with Gasteiger partial charge < -0.3 is 10.3 Å². The van der Waals surface area contributed by atoms with Crippen molar-refractivity contribution in [1.29, 1.82) is 0 Å². The van der Waals surface area contributed by atoms with Crippen LogP contribution in [0.5, 0.6) is 0 Å². The molecule has 2 N–H and O–H groups in total. The third-order valence-corrected chi connectivity index (χ3v) is 3.79. The highest BCUT2D eigenvalue weighted by Crippen LogP contribution is 2.40. The quantitative estimate of drug-likeness (QED) is 0.895. The van der Waals surface area contributed by atoms with E-state index in [9.17, 15) is 18.0 Å². The normalized spacial score (nSPS) is 23.6. The van der Waals surface area contributed by atoms with Crippen molar-refractivity contribution in [3.8, 4) is 0 Å². The van der Waals surface area contributed by atoms with Crippen LogP contribution in [0.15, 0.2) is 12.4 Å². The van der Waals surface area contributed by atoms with Crippen LogP contribution in [0.1, 0.15) is 37.9 Å². The first-order chi connectivity index (χ1) is 9.45. The number of amides is 1. The highest BCUT2D eigenvalue weighted by Gasteiger charge is 2.41. The number of nitrogens with one attached hydrogen (secondary N) is 2. The number of carbonyl (C=O) groups is 1. The van der Waals surface area contributed by atoms with Crippen LogP contribution in [-0.2, 0) is 11.3 Å². The lowest BCUT2D eigenvalue weighted by atomic mass is 9.80. The number of carbonyl (C=O) groups excluding carboxylic acids is 1. The minimum atomic E-state index is -4.09. The summed E-state index contributed by atoms with van der Waals surface area (Å²) in [6, 6.07) is 0. The van der Waals surface area contributed by atoms with Gasteiger partial charge in [-0.1, -0.05) is 0 Å². The SMILES string of the molecule is O=C(CC1CCC(C(F)(F)F)CC1)NCc1ncc[nH]1. The van der Waals surface area contributed by atoms with E-state index in [-0.39, 0.29) is 24.7 Å². The van der Waals surface area contributed by atoms with Crippen molar-refractivity contribution in [2.45, 2.75) is 44.8 Å². The first-order valence-corrected chi connectivity index (χ1v) is 6.77. The molecule has 0 atom stereocenters. The maximum Gasteiger partial charge on any atom is 0.391 e. The fourth-order valence-electron chi connectivity index (χ4n) is 2.61. The third-order valence-electron chi connectivity index (χ3n) is 3.79. The Labute approximate surface area is 115 Å². The zero-order valence-electron chi connectivity index (χ0n) is 11.0. The lowest BCUT2D eigenvalue weighted by Gasteiger charge is -2.29. The fourth-order valence-corrected chi connectivity index (χ4v) is 2.61. The number of aromatic nitrogens is 2. The Kier molecular flexibility index (Phi) is 4.67. The average molecular weight is 289 g/mol. The lowest BCUT2D eigenvalue weighted by molar-refractivity contribution is -0.184. The molecule has 112 valence electrons. The van der Waals surface area contributed by atoms with Crippen molar-refractivity contribution >= 4 is 5.91 Å². The number of aromatic amines is 1. The van der Waals surface area contributed by atoms with Gasteiger partial charge in [0.05, 0.1) is 12.5 Å². The molecular formula is C13H18F3N3O. The maximum absolute atomic E-state index is 12.5. The predicted molar refractivity (Wildman–Crippen MR) is 66.6 cm³/mol. The van der Waals surface area contributed by atoms with Gasteiger partial charge in [-0.3, -0.25) is 4.79 Å². The highest BCUT2D eigenvalue weighted by atomic mass is 19.4. The summed E-state index contributed by atoms with van der Waals surface area (Å²) in [5, 5.41) is 2.72. The number of alkyl halides is 3. The molecule has 1 heterocycles. The number of hydrogen-bond donors (Lipinski definition) is 2. The molecule has 7 heteroatoms. The van der Waals surface area contributed by atoms with Gasteiger partial charge in [0.1, 0.15) is 5.82 Å². The summed E-state index contributed by atoms with van der Waals surface area (Å²) < 4.78 is 37.6. The molecule has 1 amide bonds. The van der Waals surface area contributed by atoms with Crippen molar-refractivity contribution < 1.29 is 18.0 Å². The summed E-state index contributed by atoms with van der Waals surface area (Å²) in [5.74, 6) is -0.592. The minimum Gasteiger partial charge on any atom is -0.349 e. The van der Waals surface area contributed by atoms with Gasteiger partial charge in [-0.25, -0.2) is 4.98 Å². The summed E-state index contributed by atoms with van der Waals surface area (Å²) in [4.78, 5) is 18.6. The third kappa shape index (κ3) is 4.25. The molecule has 0 bridgehead atoms. The Morgan fingerprint density at radius 2 is 2.05 bits per heavy atom. The minimum absolute atomic E-state index is 0.0604. The van der Waals surface area contributed by atoms with Gasteiger partial charge in [0.15, 0.2) is 0 Å². The van der Waals surface area contributed by atoms with Crippen LogP contribution >= 0.6 is 0 Å². The van der Waals surface area contributed by atoms with E-state index in [0.29, 0.717) is 31.6 Å². The summed E-state index contributed by atoms with van der Waals surface area (Å²) in [5.41, 5.74) is 0. The number of rotatable bonds is 4. The molecule has 0 radical (unpaired) electrons. The van der Waals surface area contributed by atoms with Crippen LogP contribution < -0.4 is 5.32 Å². The molecule has 4 nitrogen and oxygen atoms in total. The molecule has 1 saturated carbocycles. The molecule has 0 aromatic carbocycles. The molecule has 0 saturated heterocycles. The Hall–Kier alpha value is -1.53. The largest absolute Gasteiger partial charge is 0.391 e. The van der Waals surface area contributed by atoms with E-state index in [2.05, 4.69) is 15.3 Å². The van der Waals surface area contributed by atoms with Gasteiger partial charge in [-0.05, 0) is 31.6 Å². The van der Waals surface area contributed by atoms with E-state index in [1.807, 2.05) is 0 Å². The molecule has 2 rings (SSSR count). The number of H-pyrrole nitrogens is 1. The van der Waals surface area contributed by atoms with Gasteiger partial charge in [0, 0.05) is 18.8 Å². The second-order valence-corrected chi connectivity index (χ2v) is 5.28. The van der Waals surface area contributed by atoms with Gasteiger partial charge >= 0.3 is 6.18 Å². The van der Waals surface area contributed by atoms with Crippen LogP contribution in [0.2, 0.25) is 0 Å². The Morgan fingerprint density at radius 3 is 2.60 bits per heavy atom. The van der Waals surface area contributed by atoms with Crippen LogP contribution in [0.3, 0.4) is 0 Å². The molecule has 1 aliphatic carbocycles. The Morgan fingerprint density at radius 1 is 1.35 bits per heavy atom. The number of imidazole rings is 1. The van der Waals surface area contributed by atoms with E-state index in [1.165, 1.54) is 0 Å². The second-order valence-electron chi connectivity index (χ2n) is 5.28. The fraction of sp³-hybridized carbons (Fsp3) is 0.692. The zero-order valence-corrected chi connectivity index (χ0v) is 11.0. The lowest BCUT2D eigenvalue weighted by Crippen LogP contribution is -2.31. The van der Waals surface area contributed by atoms with Gasteiger partial charge in [0.25, 0.3) is 0 Å². The first-order valence-electron chi connectivity index (χ1n) is 6.77. The summed E-state index contributed by atoms with van der Waals surface area (Å²) in [6.45, 7) is 0.323. The number of hydrogen-bond acceptors (Lipinski definition) is 2. The standard InChI is InChI=1S/C13H18F3N3O/c14-13(15,16)10-3-1-9(2-4-10)7-12(20)19-8-11-17-5-6-18-11/h5-6,9-10H,1-4,7-8H2,(H,17,18)(H,19,20). The zero-order chi connectivity index (χ0) is 14.6. The first kappa shape index (κ1) is 14.9. The molecule has 0 spiro atoms. The van der Waals surface area contributed by atoms with E-state index in [0.717, 1.165) is 0 Å². The monoisotopic (exact) mass is 289 g/mol. The van der Waals surface area contributed by atoms with Crippen molar-refractivity contribution in [3.05, 3.63) is 18.2 Å². The molecule has 0 unspecified atom stereocenters. The number of halogens is 3. The molecule has 20 heavy (non-hydrogen) atoms. The van der Waals surface area contributed by atoms with Gasteiger partial charge in [0.2, 0.25) is 5.91 Å². The summed E-state index contributed by atoms with van der Waals surface area (Å²) in [6.07, 6.45) is 0.688. The molecule has 1 aromatic rings. The van der Waals surface area contributed by atoms with E-state index < -0.39 is 12.1 Å². The van der Waals surface area contributed by atoms with Gasteiger partial charge in [-0.2, -0.15) is 13.2 Å². The van der Waals surface area contributed by atoms with E-state index in [4.69, 9.17) is 0 Å². The smallest absolute Gasteiger partial charge is 0.349 e. The van der Waals surface area contributed by atoms with Crippen LogP contribution in [-0.4, -0.2) is 22.1 Å². The van der Waals surface area contributed by atoms with Crippen molar-refractivity contribution in [2.75, 3.05) is 0 Å². The molecule has 1 fully saturated rings. The van der Waals surface area contributed by atoms with Gasteiger partial charge in [-0.15, -0.1) is 0 Å². The van der Waals surface area contributed by atoms with E-state index in [1.54, 1.807) is 12.4 Å². The molecule has 1 aromatic heterocycles. The topological polar surface area (TPSA) is 57.8 Å². The van der Waals surface area contributed by atoms with Crippen LogP contribution in [0.4, 0.5) is 13.2 Å². The van der Waals surface area contributed by atoms with Crippen LogP contribution in [0, 0.1) is 11.8 Å². The van der Waals surface area contributed by atoms with Crippen molar-refractivity contribution in [1.82, 2.24) is 15.3 Å². The maximum atomic E-state index is 12.5. The van der Waals surface area contributed by atoms with Crippen molar-refractivity contribution in [3.63, 3.8) is 0 Å². The van der Waals surface area contributed by atoms with Crippen molar-refractivity contribution in [2.24, 2.45) is 11.8 Å². The van der Waals surface area contributed by atoms with Crippen LogP contribution in [0.25, 0.3) is 0 Å². The summed E-state index contributed by atoms with van der Waals surface area (Å²) in [7, 11) is 0. The summed E-state index contributed by atoms with van der Waals surface area (Å²) >= 11 is 0. The predicted octanol–water partition coefficient (Wildman–Crippen LogP) is 2.78. The Balaban J connectivity index is 1.68. The average Bonchev–Trinajstić information content (AvgIpc) is 2.89. The Bertz CT molecular complexity index is 423. The van der Waals surface area contributed by atoms with E-state index >= 15 is 0 Å². The molecular weight excluding hydrogens is 271 g/mol. The number of nitrogens with zero attached hydrogens (tertiary/aromatic N) is 1. The second kappa shape index (κ2) is 6.28. The molecule has 0 aliphatic heterocycles.